The van der Waals surface area contributed by atoms with Crippen LogP contribution < -0.4 is 0 Å². The van der Waals surface area contributed by atoms with Crippen LogP contribution in [0.1, 0.15) is 32.1 Å². The maximum absolute atomic E-state index is 10.1. The van der Waals surface area contributed by atoms with E-state index in [-0.39, 0.29) is 0 Å². The Morgan fingerprint density at radius 3 is 2.53 bits per heavy atom. The Hall–Kier alpha value is -0.820. The average Bonchev–Trinajstić information content (AvgIpc) is 2.99. The molecule has 0 radical (unpaired) electrons. The van der Waals surface area contributed by atoms with Crippen molar-refractivity contribution >= 4 is 0 Å². The van der Waals surface area contributed by atoms with Gasteiger partial charge in [-0.05, 0) is 25.7 Å². The third-order valence-electron chi connectivity index (χ3n) is 4.01. The molecule has 1 saturated carbocycles. The van der Waals surface area contributed by atoms with Gasteiger partial charge in [-0.1, -0.05) is 6.42 Å². The van der Waals surface area contributed by atoms with Crippen LogP contribution in [0.5, 0.6) is 0 Å². The number of rotatable bonds is 2. The van der Waals surface area contributed by atoms with Gasteiger partial charge in [0, 0.05) is 5.57 Å². The van der Waals surface area contributed by atoms with Crippen molar-refractivity contribution in [2.75, 3.05) is 6.61 Å². The lowest BCUT2D eigenvalue weighted by Gasteiger charge is -2.21. The van der Waals surface area contributed by atoms with Gasteiger partial charge in [-0.3, -0.25) is 0 Å². The second-order valence-electron chi connectivity index (χ2n) is 5.36. The van der Waals surface area contributed by atoms with Crippen molar-refractivity contribution in [3.63, 3.8) is 0 Å². The second-order valence-corrected chi connectivity index (χ2v) is 5.36. The van der Waals surface area contributed by atoms with E-state index in [1.807, 2.05) is 0 Å². The number of aliphatic hydroxyl groups excluding tert-OH is 3. The number of allylic oxidation sites excluding steroid dienone is 1. The van der Waals surface area contributed by atoms with E-state index in [0.717, 1.165) is 31.3 Å². The standard InChI is InChI=1S/C13H20O6/c14-6-8(15)10-9(16)11-13(17-10)19-12(18-11)7-4-2-1-3-5-7/h8-11,13-16H,1-6H2/t8?,9-,10+,11+,13+/m0/s1. The highest BCUT2D eigenvalue weighted by molar-refractivity contribution is 5.10. The number of hydrogen-bond acceptors (Lipinski definition) is 6. The molecule has 1 unspecified atom stereocenters. The monoisotopic (exact) mass is 272 g/mol. The lowest BCUT2D eigenvalue weighted by Crippen LogP contribution is -2.40. The van der Waals surface area contributed by atoms with Crippen LogP contribution in [0.4, 0.5) is 0 Å². The Balaban J connectivity index is 1.69. The van der Waals surface area contributed by atoms with Crippen molar-refractivity contribution in [1.82, 2.24) is 0 Å². The molecule has 0 bridgehead atoms. The van der Waals surface area contributed by atoms with E-state index in [0.29, 0.717) is 5.95 Å². The van der Waals surface area contributed by atoms with Gasteiger partial charge in [0.05, 0.1) is 6.61 Å². The molecule has 2 saturated heterocycles. The van der Waals surface area contributed by atoms with Crippen LogP contribution in [0.3, 0.4) is 0 Å². The Morgan fingerprint density at radius 2 is 1.89 bits per heavy atom. The summed E-state index contributed by atoms with van der Waals surface area (Å²) >= 11 is 0. The van der Waals surface area contributed by atoms with Crippen molar-refractivity contribution in [3.05, 3.63) is 11.5 Å². The summed E-state index contributed by atoms with van der Waals surface area (Å²) in [6.07, 6.45) is 1.15. The molecule has 2 aliphatic heterocycles. The van der Waals surface area contributed by atoms with Crippen LogP contribution in [0.25, 0.3) is 0 Å². The fourth-order valence-electron chi connectivity index (χ4n) is 2.91. The zero-order valence-electron chi connectivity index (χ0n) is 10.7. The molecule has 3 fully saturated rings. The first-order valence-corrected chi connectivity index (χ1v) is 6.88. The topological polar surface area (TPSA) is 88.4 Å². The molecule has 2 heterocycles. The predicted molar refractivity (Wildman–Crippen MR) is 63.8 cm³/mol. The molecule has 1 aliphatic carbocycles. The molecule has 0 spiro atoms. The smallest absolute Gasteiger partial charge is 0.281 e. The van der Waals surface area contributed by atoms with Gasteiger partial charge in [-0.2, -0.15) is 0 Å². The minimum Gasteiger partial charge on any atom is -0.452 e. The summed E-state index contributed by atoms with van der Waals surface area (Å²) in [7, 11) is 0. The quantitative estimate of drug-likeness (QED) is 0.656. The first kappa shape index (κ1) is 13.2. The van der Waals surface area contributed by atoms with Crippen molar-refractivity contribution in [2.24, 2.45) is 0 Å². The van der Waals surface area contributed by atoms with Crippen LogP contribution in [0.2, 0.25) is 0 Å². The summed E-state index contributed by atoms with van der Waals surface area (Å²) in [5, 5.41) is 28.5. The summed E-state index contributed by atoms with van der Waals surface area (Å²) in [4.78, 5) is 0. The molecule has 5 atom stereocenters. The number of hydrogen-bond donors (Lipinski definition) is 3. The third kappa shape index (κ3) is 2.33. The van der Waals surface area contributed by atoms with Gasteiger partial charge >= 0.3 is 0 Å². The van der Waals surface area contributed by atoms with Gasteiger partial charge in [0.1, 0.15) is 18.3 Å². The van der Waals surface area contributed by atoms with E-state index in [2.05, 4.69) is 0 Å². The zero-order chi connectivity index (χ0) is 13.4. The fraction of sp³-hybridized carbons (Fsp3) is 0.846. The van der Waals surface area contributed by atoms with Crippen LogP contribution in [0.15, 0.2) is 11.5 Å². The van der Waals surface area contributed by atoms with Gasteiger partial charge in [-0.25, -0.2) is 0 Å². The zero-order valence-corrected chi connectivity index (χ0v) is 10.7. The summed E-state index contributed by atoms with van der Waals surface area (Å²) in [5.41, 5.74) is 1.15. The molecule has 6 heteroatoms. The summed E-state index contributed by atoms with van der Waals surface area (Å²) in [5.74, 6) is 0.491. The first-order valence-electron chi connectivity index (χ1n) is 6.88. The maximum atomic E-state index is 10.1. The molecule has 6 nitrogen and oxygen atoms in total. The number of fused-ring (bicyclic) bond motifs is 1. The summed E-state index contributed by atoms with van der Waals surface area (Å²) in [6, 6.07) is 0. The van der Waals surface area contributed by atoms with Crippen LogP contribution in [-0.4, -0.2) is 52.6 Å². The highest BCUT2D eigenvalue weighted by atomic mass is 16.8. The molecule has 3 aliphatic rings. The Morgan fingerprint density at radius 1 is 1.16 bits per heavy atom. The van der Waals surface area contributed by atoms with Gasteiger partial charge in [0.25, 0.3) is 5.95 Å². The Labute approximate surface area is 111 Å². The molecule has 0 aromatic rings. The van der Waals surface area contributed by atoms with Gasteiger partial charge in [0.15, 0.2) is 6.10 Å². The minimum absolute atomic E-state index is 0.463. The van der Waals surface area contributed by atoms with Crippen molar-refractivity contribution in [2.45, 2.75) is 62.8 Å². The molecule has 3 N–H and O–H groups in total. The molecular weight excluding hydrogens is 252 g/mol. The van der Waals surface area contributed by atoms with Crippen molar-refractivity contribution in [3.8, 4) is 0 Å². The van der Waals surface area contributed by atoms with Crippen molar-refractivity contribution < 1.29 is 29.5 Å². The SMILES string of the molecule is OCC(O)[C@H]1O[C@@H]2OC(=C3CCCCC3)O[C@@H]2[C@H]1O. The second kappa shape index (κ2) is 5.28. The normalized spacial score (nSPS) is 39.7. The van der Waals surface area contributed by atoms with Gasteiger partial charge in [0.2, 0.25) is 6.29 Å². The van der Waals surface area contributed by atoms with Crippen LogP contribution in [-0.2, 0) is 14.2 Å². The highest BCUT2D eigenvalue weighted by Crippen LogP contribution is 2.38. The molecule has 108 valence electrons. The molecule has 0 amide bonds. The molecule has 19 heavy (non-hydrogen) atoms. The van der Waals surface area contributed by atoms with Gasteiger partial charge in [-0.15, -0.1) is 0 Å². The summed E-state index contributed by atoms with van der Waals surface area (Å²) < 4.78 is 16.7. The fourth-order valence-corrected chi connectivity index (χ4v) is 2.91. The number of ether oxygens (including phenoxy) is 3. The minimum atomic E-state index is -1.13. The molecule has 0 aromatic heterocycles. The predicted octanol–water partition coefficient (Wildman–Crippen LogP) is 0.0165. The highest BCUT2D eigenvalue weighted by Gasteiger charge is 2.54. The van der Waals surface area contributed by atoms with E-state index >= 15 is 0 Å². The molecule has 0 aromatic carbocycles. The van der Waals surface area contributed by atoms with Crippen LogP contribution >= 0.6 is 0 Å². The average molecular weight is 272 g/mol. The molecular formula is C13H20O6. The van der Waals surface area contributed by atoms with E-state index in [4.69, 9.17) is 19.3 Å². The van der Waals surface area contributed by atoms with E-state index in [9.17, 15) is 10.2 Å². The third-order valence-corrected chi connectivity index (χ3v) is 4.01. The Kier molecular flexibility index (Phi) is 3.66. The first-order chi connectivity index (χ1) is 9.20. The van der Waals surface area contributed by atoms with Crippen LogP contribution in [0, 0.1) is 0 Å². The largest absolute Gasteiger partial charge is 0.452 e. The van der Waals surface area contributed by atoms with E-state index in [1.165, 1.54) is 6.42 Å². The van der Waals surface area contributed by atoms with E-state index in [1.54, 1.807) is 0 Å². The molecule has 3 rings (SSSR count). The number of aliphatic hydroxyl groups is 3. The van der Waals surface area contributed by atoms with E-state index < -0.39 is 37.3 Å². The van der Waals surface area contributed by atoms with Crippen molar-refractivity contribution in [1.29, 1.82) is 0 Å². The lowest BCUT2D eigenvalue weighted by molar-refractivity contribution is -0.143. The maximum Gasteiger partial charge on any atom is 0.281 e. The van der Waals surface area contributed by atoms with Gasteiger partial charge < -0.3 is 29.5 Å². The summed E-state index contributed by atoms with van der Waals surface area (Å²) in [6.45, 7) is -0.463. The Bertz CT molecular complexity index is 360. The lowest BCUT2D eigenvalue weighted by atomic mass is 9.96.